The van der Waals surface area contributed by atoms with Gasteiger partial charge in [-0.15, -0.1) is 0 Å². The number of fused-ring (bicyclic) bond motifs is 1. The minimum absolute atomic E-state index is 0.437. The Balaban J connectivity index is 2.43. The molecule has 0 bridgehead atoms. The number of hydrogen-bond donors (Lipinski definition) is 0. The Kier molecular flexibility index (Phi) is 3.23. The lowest BCUT2D eigenvalue weighted by Crippen LogP contribution is -2.55. The maximum Gasteiger partial charge on any atom is 0.316 e. The molecule has 0 saturated heterocycles. The summed E-state index contributed by atoms with van der Waals surface area (Å²) in [5, 5.41) is 9.56. The molecule has 2 rings (SSSR count). The van der Waals surface area contributed by atoms with Gasteiger partial charge in [-0.1, -0.05) is 18.2 Å². The highest BCUT2D eigenvalue weighted by atomic mass is 16.5. The zero-order valence-corrected chi connectivity index (χ0v) is 11.4. The van der Waals surface area contributed by atoms with E-state index in [-0.39, 0.29) is 0 Å². The molecule has 1 unspecified atom stereocenters. The second kappa shape index (κ2) is 4.58. The first-order chi connectivity index (χ1) is 8.97. The van der Waals surface area contributed by atoms with Gasteiger partial charge in [0.25, 0.3) is 0 Å². The van der Waals surface area contributed by atoms with Crippen LogP contribution in [0.4, 0.5) is 0 Å². The van der Waals surface area contributed by atoms with E-state index in [4.69, 9.17) is 9.47 Å². The van der Waals surface area contributed by atoms with E-state index in [0.717, 1.165) is 5.56 Å². The largest absolute Gasteiger partial charge is 0.471 e. The molecule has 4 heteroatoms. The fourth-order valence-corrected chi connectivity index (χ4v) is 2.44. The summed E-state index contributed by atoms with van der Waals surface area (Å²) in [6.45, 7) is 3.38. The molecule has 0 saturated carbocycles. The van der Waals surface area contributed by atoms with E-state index in [9.17, 15) is 10.1 Å². The normalized spacial score (nSPS) is 21.8. The van der Waals surface area contributed by atoms with Crippen molar-refractivity contribution in [3.8, 4) is 11.8 Å². The Labute approximate surface area is 112 Å². The lowest BCUT2D eigenvalue weighted by Gasteiger charge is -2.42. The van der Waals surface area contributed by atoms with Crippen molar-refractivity contribution >= 4 is 5.97 Å². The van der Waals surface area contributed by atoms with E-state index >= 15 is 0 Å². The van der Waals surface area contributed by atoms with E-state index < -0.39 is 17.0 Å². The molecule has 0 aliphatic carbocycles. The van der Waals surface area contributed by atoms with Gasteiger partial charge in [0.05, 0.1) is 7.11 Å². The van der Waals surface area contributed by atoms with Crippen LogP contribution in [0.2, 0.25) is 0 Å². The number of benzene rings is 1. The average Bonchev–Trinajstić information content (AvgIpc) is 2.45. The van der Waals surface area contributed by atoms with Crippen molar-refractivity contribution in [1.82, 2.24) is 0 Å². The third-order valence-corrected chi connectivity index (χ3v) is 3.89. The number of carbonyl (C=O) groups is 1. The number of hydrogen-bond acceptors (Lipinski definition) is 4. The quantitative estimate of drug-likeness (QED) is 0.765. The fraction of sp³-hybridized carbons (Fsp3) is 0.467. The molecule has 0 spiro atoms. The number of rotatable bonds is 2. The molecule has 1 aliphatic rings. The van der Waals surface area contributed by atoms with Crippen LogP contribution in [-0.2, 0) is 16.0 Å². The van der Waals surface area contributed by atoms with E-state index in [2.05, 4.69) is 6.07 Å². The first kappa shape index (κ1) is 13.4. The van der Waals surface area contributed by atoms with Crippen molar-refractivity contribution in [2.24, 2.45) is 5.41 Å². The highest BCUT2D eigenvalue weighted by molar-refractivity contribution is 5.78. The van der Waals surface area contributed by atoms with Gasteiger partial charge in [-0.3, -0.25) is 4.79 Å². The fourth-order valence-electron chi connectivity index (χ4n) is 2.44. The van der Waals surface area contributed by atoms with Gasteiger partial charge in [0, 0.05) is 6.42 Å². The molecule has 0 radical (unpaired) electrons. The van der Waals surface area contributed by atoms with Crippen LogP contribution < -0.4 is 4.74 Å². The molecule has 1 heterocycles. The van der Waals surface area contributed by atoms with Gasteiger partial charge >= 0.3 is 5.97 Å². The van der Waals surface area contributed by atoms with Crippen molar-refractivity contribution in [3.63, 3.8) is 0 Å². The van der Waals surface area contributed by atoms with Crippen LogP contribution in [0.5, 0.6) is 5.75 Å². The van der Waals surface area contributed by atoms with Gasteiger partial charge < -0.3 is 9.47 Å². The van der Waals surface area contributed by atoms with Crippen LogP contribution in [0, 0.1) is 16.7 Å². The third-order valence-electron chi connectivity index (χ3n) is 3.89. The third kappa shape index (κ3) is 1.95. The summed E-state index contributed by atoms with van der Waals surface area (Å²) in [7, 11) is 1.33. The number of esters is 1. The summed E-state index contributed by atoms with van der Waals surface area (Å²) in [6.07, 6.45) is 1.19. The van der Waals surface area contributed by atoms with Gasteiger partial charge in [-0.25, -0.2) is 0 Å². The van der Waals surface area contributed by atoms with Crippen molar-refractivity contribution in [2.75, 3.05) is 7.11 Å². The number of methoxy groups -OCH3 is 1. The number of para-hydroxylation sites is 1. The maximum absolute atomic E-state index is 12.0. The summed E-state index contributed by atoms with van der Waals surface area (Å²) in [4.78, 5) is 12.0. The Morgan fingerprint density at radius 1 is 1.47 bits per heavy atom. The first-order valence-electron chi connectivity index (χ1n) is 6.23. The second-order valence-corrected chi connectivity index (χ2v) is 5.27. The topological polar surface area (TPSA) is 59.3 Å². The molecule has 0 aromatic heterocycles. The van der Waals surface area contributed by atoms with E-state index in [1.54, 1.807) is 13.8 Å². The molecule has 4 nitrogen and oxygen atoms in total. The lowest BCUT2D eigenvalue weighted by molar-refractivity contribution is -0.161. The number of nitrogens with zero attached hydrogens (tertiary/aromatic N) is 1. The van der Waals surface area contributed by atoms with Crippen LogP contribution in [0.15, 0.2) is 24.3 Å². The van der Waals surface area contributed by atoms with Crippen LogP contribution in [0.3, 0.4) is 0 Å². The van der Waals surface area contributed by atoms with Gasteiger partial charge in [-0.05, 0) is 31.9 Å². The molecule has 100 valence electrons. The van der Waals surface area contributed by atoms with Crippen LogP contribution in [0.1, 0.15) is 25.8 Å². The Bertz CT molecular complexity index is 545. The van der Waals surface area contributed by atoms with Gasteiger partial charge in [0.2, 0.25) is 5.60 Å². The molecule has 19 heavy (non-hydrogen) atoms. The highest BCUT2D eigenvalue weighted by Gasteiger charge is 2.55. The minimum Gasteiger partial charge on any atom is -0.471 e. The standard InChI is InChI=1S/C15H17NO3/c1-14(2,13(17)18-3)15(10-16)9-8-11-6-4-5-7-12(11)19-15/h4-7H,8-9H2,1-3H3. The van der Waals surface area contributed by atoms with Crippen molar-refractivity contribution in [1.29, 1.82) is 5.26 Å². The molecule has 1 aromatic rings. The summed E-state index contributed by atoms with van der Waals surface area (Å²) in [5.41, 5.74) is -1.15. The van der Waals surface area contributed by atoms with Crippen molar-refractivity contribution in [3.05, 3.63) is 29.8 Å². The van der Waals surface area contributed by atoms with Gasteiger partial charge in [0.15, 0.2) is 0 Å². The monoisotopic (exact) mass is 259 g/mol. The molecule has 0 N–H and O–H groups in total. The second-order valence-electron chi connectivity index (χ2n) is 5.27. The maximum atomic E-state index is 12.0. The predicted molar refractivity (Wildman–Crippen MR) is 69.5 cm³/mol. The number of ether oxygens (including phenoxy) is 2. The first-order valence-corrected chi connectivity index (χ1v) is 6.23. The van der Waals surface area contributed by atoms with Gasteiger partial charge in [0.1, 0.15) is 17.2 Å². The smallest absolute Gasteiger partial charge is 0.316 e. The van der Waals surface area contributed by atoms with E-state index in [0.29, 0.717) is 18.6 Å². The summed E-state index contributed by atoms with van der Waals surface area (Å²) in [6, 6.07) is 9.79. The molecular weight excluding hydrogens is 242 g/mol. The molecule has 0 fully saturated rings. The minimum atomic E-state index is -1.19. The zero-order chi connectivity index (χ0) is 14.1. The van der Waals surface area contributed by atoms with Crippen molar-refractivity contribution < 1.29 is 14.3 Å². The Hall–Kier alpha value is -2.02. The summed E-state index contributed by atoms with van der Waals surface area (Å²) < 4.78 is 10.7. The molecular formula is C15H17NO3. The van der Waals surface area contributed by atoms with Crippen LogP contribution in [0.25, 0.3) is 0 Å². The molecule has 0 amide bonds. The number of aryl methyl sites for hydroxylation is 1. The summed E-state index contributed by atoms with van der Waals surface area (Å²) in [5.74, 6) is 0.237. The highest BCUT2D eigenvalue weighted by Crippen LogP contribution is 2.43. The average molecular weight is 259 g/mol. The van der Waals surface area contributed by atoms with Crippen LogP contribution in [-0.4, -0.2) is 18.7 Å². The number of carbonyl (C=O) groups excluding carboxylic acids is 1. The molecule has 1 aromatic carbocycles. The van der Waals surface area contributed by atoms with E-state index in [1.165, 1.54) is 7.11 Å². The SMILES string of the molecule is COC(=O)C(C)(C)C1(C#N)CCc2ccccc2O1. The number of nitriles is 1. The summed E-state index contributed by atoms with van der Waals surface area (Å²) >= 11 is 0. The van der Waals surface area contributed by atoms with Crippen LogP contribution >= 0.6 is 0 Å². The molecule has 1 aliphatic heterocycles. The lowest BCUT2D eigenvalue weighted by atomic mass is 9.71. The Morgan fingerprint density at radius 2 is 2.16 bits per heavy atom. The van der Waals surface area contributed by atoms with Crippen molar-refractivity contribution in [2.45, 2.75) is 32.3 Å². The molecule has 1 atom stereocenters. The predicted octanol–water partition coefficient (Wildman–Crippen LogP) is 2.47. The van der Waals surface area contributed by atoms with E-state index in [1.807, 2.05) is 24.3 Å². The Morgan fingerprint density at radius 3 is 2.79 bits per heavy atom. The van der Waals surface area contributed by atoms with Gasteiger partial charge in [-0.2, -0.15) is 5.26 Å². The zero-order valence-electron chi connectivity index (χ0n) is 11.4.